The fourth-order valence-electron chi connectivity index (χ4n) is 5.54. The topological polar surface area (TPSA) is 146 Å². The fourth-order valence-corrected chi connectivity index (χ4v) is 7.25. The Balaban J connectivity index is 1.22. The SMILES string of the molecule is O=C(CSc1nc2ccccc2c(=O)n1CCn1c(SCC(=O)NC[C@@H]2CCCO2)nc2ccccc2c1=O)NC[C@H]1CCCO1. The molecule has 2 aliphatic rings. The van der Waals surface area contributed by atoms with Crippen molar-refractivity contribution in [1.29, 1.82) is 0 Å². The molecule has 0 radical (unpaired) electrons. The predicted molar refractivity (Wildman–Crippen MR) is 177 cm³/mol. The molecule has 2 fully saturated rings. The number of rotatable bonds is 13. The number of carbonyl (C=O) groups excluding carboxylic acids is 2. The summed E-state index contributed by atoms with van der Waals surface area (Å²) in [5.41, 5.74) is 0.524. The zero-order valence-electron chi connectivity index (χ0n) is 25.3. The number of hydrogen-bond acceptors (Lipinski definition) is 10. The number of benzene rings is 2. The van der Waals surface area contributed by atoms with E-state index in [1.165, 1.54) is 32.7 Å². The van der Waals surface area contributed by atoms with Crippen LogP contribution in [0.1, 0.15) is 25.7 Å². The van der Waals surface area contributed by atoms with Crippen LogP contribution >= 0.6 is 23.5 Å². The number of hydrogen-bond donors (Lipinski definition) is 2. The lowest BCUT2D eigenvalue weighted by Gasteiger charge is -2.17. The molecule has 12 nitrogen and oxygen atoms in total. The normalized spacial score (nSPS) is 17.9. The van der Waals surface area contributed by atoms with Crippen LogP contribution in [-0.2, 0) is 32.2 Å². The largest absolute Gasteiger partial charge is 0.376 e. The van der Waals surface area contributed by atoms with Gasteiger partial charge >= 0.3 is 0 Å². The maximum Gasteiger partial charge on any atom is 0.262 e. The second-order valence-corrected chi connectivity index (χ2v) is 13.1. The maximum absolute atomic E-state index is 13.7. The minimum Gasteiger partial charge on any atom is -0.376 e. The Morgan fingerprint density at radius 1 is 0.717 bits per heavy atom. The van der Waals surface area contributed by atoms with Crippen LogP contribution in [-0.4, -0.2) is 80.9 Å². The van der Waals surface area contributed by atoms with Crippen LogP contribution in [0, 0.1) is 0 Å². The molecule has 14 heteroatoms. The molecule has 0 unspecified atom stereocenters. The minimum absolute atomic E-state index is 0.0271. The third-order valence-electron chi connectivity index (χ3n) is 7.97. The highest BCUT2D eigenvalue weighted by Crippen LogP contribution is 2.21. The van der Waals surface area contributed by atoms with Crippen LogP contribution in [0.4, 0.5) is 0 Å². The van der Waals surface area contributed by atoms with E-state index in [1.807, 2.05) is 12.1 Å². The number of nitrogens with one attached hydrogen (secondary N) is 2. The molecule has 6 rings (SSSR count). The summed E-state index contributed by atoms with van der Waals surface area (Å²) in [7, 11) is 0. The molecule has 0 aliphatic carbocycles. The van der Waals surface area contributed by atoms with Crippen LogP contribution < -0.4 is 21.8 Å². The summed E-state index contributed by atoms with van der Waals surface area (Å²) in [5, 5.41) is 7.45. The van der Waals surface area contributed by atoms with E-state index in [9.17, 15) is 19.2 Å². The number of thioether (sulfide) groups is 2. The van der Waals surface area contributed by atoms with Gasteiger partial charge in [0.2, 0.25) is 11.8 Å². The number of aromatic nitrogens is 4. The van der Waals surface area contributed by atoms with Gasteiger partial charge in [-0.3, -0.25) is 28.3 Å². The van der Waals surface area contributed by atoms with Crippen molar-refractivity contribution in [3.63, 3.8) is 0 Å². The van der Waals surface area contributed by atoms with Gasteiger partial charge in [-0.25, -0.2) is 9.97 Å². The molecule has 2 aliphatic heterocycles. The molecule has 4 heterocycles. The van der Waals surface area contributed by atoms with Crippen LogP contribution in [0.3, 0.4) is 0 Å². The van der Waals surface area contributed by atoms with Gasteiger partial charge in [-0.05, 0) is 49.9 Å². The van der Waals surface area contributed by atoms with Gasteiger partial charge in [0.1, 0.15) is 0 Å². The Morgan fingerprint density at radius 3 is 1.57 bits per heavy atom. The molecule has 2 aromatic carbocycles. The van der Waals surface area contributed by atoms with E-state index in [1.54, 1.807) is 36.4 Å². The molecule has 46 heavy (non-hydrogen) atoms. The van der Waals surface area contributed by atoms with Crippen molar-refractivity contribution in [2.24, 2.45) is 0 Å². The second kappa shape index (κ2) is 15.2. The van der Waals surface area contributed by atoms with E-state index in [2.05, 4.69) is 10.6 Å². The zero-order valence-corrected chi connectivity index (χ0v) is 26.9. The van der Waals surface area contributed by atoms with E-state index >= 15 is 0 Å². The van der Waals surface area contributed by atoms with E-state index < -0.39 is 0 Å². The molecule has 2 atom stereocenters. The van der Waals surface area contributed by atoms with Crippen molar-refractivity contribution in [2.75, 3.05) is 37.8 Å². The monoisotopic (exact) mass is 664 g/mol. The Labute approximate surface area is 273 Å². The fraction of sp³-hybridized carbons (Fsp3) is 0.438. The zero-order chi connectivity index (χ0) is 31.9. The third kappa shape index (κ3) is 7.80. The van der Waals surface area contributed by atoms with Gasteiger partial charge in [0.25, 0.3) is 11.1 Å². The Bertz CT molecular complexity index is 1700. The molecule has 2 amide bonds. The van der Waals surface area contributed by atoms with Crippen molar-refractivity contribution in [3.8, 4) is 0 Å². The highest BCUT2D eigenvalue weighted by atomic mass is 32.2. The Morgan fingerprint density at radius 2 is 1.15 bits per heavy atom. The summed E-state index contributed by atoms with van der Waals surface area (Å²) >= 11 is 2.34. The lowest BCUT2D eigenvalue weighted by molar-refractivity contribution is -0.119. The quantitative estimate of drug-likeness (QED) is 0.162. The number of amides is 2. The standard InChI is InChI=1S/C32H36N6O6S2/c39-27(33-17-21-7-5-15-43-21)19-45-31-35-25-11-3-1-9-23(25)29(41)37(31)13-14-38-30(42)24-10-2-4-12-26(24)36-32(38)46-20-28(40)34-18-22-8-6-16-44-22/h1-4,9-12,21-22H,5-8,13-20H2,(H,33,39)(H,34,40)/t21-,22+. The first-order chi connectivity index (χ1) is 22.5. The van der Waals surface area contributed by atoms with Gasteiger partial charge in [-0.15, -0.1) is 0 Å². The predicted octanol–water partition coefficient (Wildman–Crippen LogP) is 2.58. The van der Waals surface area contributed by atoms with Crippen LogP contribution in [0.5, 0.6) is 0 Å². The Kier molecular flexibility index (Phi) is 10.7. The lowest BCUT2D eigenvalue weighted by Crippen LogP contribution is -2.34. The van der Waals surface area contributed by atoms with Crippen LogP contribution in [0.25, 0.3) is 21.8 Å². The van der Waals surface area contributed by atoms with Gasteiger partial charge in [-0.2, -0.15) is 0 Å². The van der Waals surface area contributed by atoms with Gasteiger partial charge in [-0.1, -0.05) is 47.8 Å². The summed E-state index contributed by atoms with van der Waals surface area (Å²) in [6.45, 7) is 2.53. The van der Waals surface area contributed by atoms with E-state index in [-0.39, 0.29) is 59.7 Å². The van der Waals surface area contributed by atoms with Crippen molar-refractivity contribution < 1.29 is 19.1 Å². The minimum atomic E-state index is -0.266. The maximum atomic E-state index is 13.7. The number of carbonyl (C=O) groups is 2. The van der Waals surface area contributed by atoms with E-state index in [0.29, 0.717) is 58.4 Å². The molecule has 0 spiro atoms. The smallest absolute Gasteiger partial charge is 0.262 e. The molecule has 2 aromatic heterocycles. The molecule has 4 aromatic rings. The Hall–Kier alpha value is -3.72. The highest BCUT2D eigenvalue weighted by molar-refractivity contribution is 8.00. The summed E-state index contributed by atoms with van der Waals surface area (Å²) in [6, 6.07) is 14.1. The summed E-state index contributed by atoms with van der Waals surface area (Å²) < 4.78 is 14.2. The van der Waals surface area contributed by atoms with Gasteiger partial charge < -0.3 is 20.1 Å². The molecular formula is C32H36N6O6S2. The number of ether oxygens (including phenoxy) is 2. The van der Waals surface area contributed by atoms with Crippen molar-refractivity contribution in [2.45, 2.75) is 61.3 Å². The summed E-state index contributed by atoms with van der Waals surface area (Å²) in [4.78, 5) is 62.2. The molecule has 0 saturated carbocycles. The van der Waals surface area contributed by atoms with E-state index in [0.717, 1.165) is 25.7 Å². The molecule has 242 valence electrons. The first kappa shape index (κ1) is 32.2. The number of para-hydroxylation sites is 2. The lowest BCUT2D eigenvalue weighted by atomic mass is 10.2. The second-order valence-electron chi connectivity index (χ2n) is 11.2. The van der Waals surface area contributed by atoms with Crippen LogP contribution in [0.2, 0.25) is 0 Å². The van der Waals surface area contributed by atoms with E-state index in [4.69, 9.17) is 19.4 Å². The first-order valence-corrected chi connectivity index (χ1v) is 17.4. The van der Waals surface area contributed by atoms with Gasteiger partial charge in [0.15, 0.2) is 10.3 Å². The highest BCUT2D eigenvalue weighted by Gasteiger charge is 2.20. The van der Waals surface area contributed by atoms with Gasteiger partial charge in [0, 0.05) is 39.4 Å². The average molecular weight is 665 g/mol. The summed E-state index contributed by atoms with van der Waals surface area (Å²) in [5.74, 6) is -0.226. The number of fused-ring (bicyclic) bond motifs is 2. The van der Waals surface area contributed by atoms with Crippen LogP contribution in [0.15, 0.2) is 68.4 Å². The molecule has 2 N–H and O–H groups in total. The molecular weight excluding hydrogens is 629 g/mol. The van der Waals surface area contributed by atoms with Gasteiger partial charge in [0.05, 0.1) is 45.5 Å². The number of nitrogens with zero attached hydrogens (tertiary/aromatic N) is 4. The molecule has 0 bridgehead atoms. The third-order valence-corrected chi connectivity index (χ3v) is 9.92. The van der Waals surface area contributed by atoms with Crippen molar-refractivity contribution >= 4 is 57.1 Å². The first-order valence-electron chi connectivity index (χ1n) is 15.5. The van der Waals surface area contributed by atoms with Crippen molar-refractivity contribution in [3.05, 3.63) is 69.2 Å². The summed E-state index contributed by atoms with van der Waals surface area (Å²) in [6.07, 6.45) is 3.87. The average Bonchev–Trinajstić information content (AvgIpc) is 3.80. The molecule has 2 saturated heterocycles. The van der Waals surface area contributed by atoms with Crippen molar-refractivity contribution in [1.82, 2.24) is 29.7 Å².